The quantitative estimate of drug-likeness (QED) is 0.687. The molecular formula is C23H32N4O3S. The van der Waals surface area contributed by atoms with Gasteiger partial charge in [0, 0.05) is 37.0 Å². The van der Waals surface area contributed by atoms with E-state index >= 15 is 0 Å². The van der Waals surface area contributed by atoms with Crippen LogP contribution in [-0.2, 0) is 17.9 Å². The van der Waals surface area contributed by atoms with E-state index in [0.29, 0.717) is 38.4 Å². The minimum atomic E-state index is -0.0355. The minimum Gasteiger partial charge on any atom is -0.467 e. The molecular weight excluding hydrogens is 412 g/mol. The molecule has 2 saturated heterocycles. The van der Waals surface area contributed by atoms with Gasteiger partial charge in [-0.05, 0) is 68.3 Å². The Labute approximate surface area is 187 Å². The molecule has 0 bridgehead atoms. The molecule has 4 rings (SSSR count). The average Bonchev–Trinajstić information content (AvgIpc) is 3.51. The molecule has 168 valence electrons. The smallest absolute Gasteiger partial charge is 0.317 e. The summed E-state index contributed by atoms with van der Waals surface area (Å²) in [4.78, 5) is 30.7. The molecule has 3 amide bonds. The van der Waals surface area contributed by atoms with E-state index in [4.69, 9.17) is 4.42 Å². The molecule has 0 saturated carbocycles. The third-order valence-electron chi connectivity index (χ3n) is 6.38. The van der Waals surface area contributed by atoms with Gasteiger partial charge < -0.3 is 20.0 Å². The maximum atomic E-state index is 12.6. The van der Waals surface area contributed by atoms with Crippen molar-refractivity contribution in [1.29, 1.82) is 0 Å². The topological polar surface area (TPSA) is 77.8 Å². The molecule has 8 heteroatoms. The van der Waals surface area contributed by atoms with Gasteiger partial charge in [0.05, 0.1) is 12.8 Å². The number of likely N-dealkylation sites (tertiary alicyclic amines) is 2. The standard InChI is InChI=1S/C23H32N4O3S/c28-22(24-16-20-3-1-13-30-20)19-7-11-27(12-8-19)23(29)25-15-18-5-9-26(10-6-18)17-21-4-2-14-31-21/h1-4,13-14,18-19H,5-12,15-17H2,(H,24,28)(H,25,29). The highest BCUT2D eigenvalue weighted by atomic mass is 32.1. The van der Waals surface area contributed by atoms with Gasteiger partial charge in [-0.2, -0.15) is 0 Å². The number of hydrogen-bond donors (Lipinski definition) is 2. The second-order valence-corrected chi connectivity index (χ2v) is 9.58. The van der Waals surface area contributed by atoms with E-state index < -0.39 is 0 Å². The summed E-state index contributed by atoms with van der Waals surface area (Å²) in [6.07, 6.45) is 5.28. The zero-order valence-electron chi connectivity index (χ0n) is 17.9. The van der Waals surface area contributed by atoms with Crippen molar-refractivity contribution in [3.8, 4) is 0 Å². The summed E-state index contributed by atoms with van der Waals surface area (Å²) >= 11 is 1.82. The Hall–Kier alpha value is -2.32. The van der Waals surface area contributed by atoms with E-state index in [9.17, 15) is 9.59 Å². The lowest BCUT2D eigenvalue weighted by Crippen LogP contribution is -2.48. The van der Waals surface area contributed by atoms with Crippen LogP contribution in [0.1, 0.15) is 36.3 Å². The number of furan rings is 1. The molecule has 0 spiro atoms. The molecule has 0 atom stereocenters. The maximum Gasteiger partial charge on any atom is 0.317 e. The molecule has 7 nitrogen and oxygen atoms in total. The third kappa shape index (κ3) is 6.33. The van der Waals surface area contributed by atoms with Gasteiger partial charge >= 0.3 is 6.03 Å². The summed E-state index contributed by atoms with van der Waals surface area (Å²) in [5, 5.41) is 8.19. The normalized spacial score (nSPS) is 18.8. The molecule has 4 heterocycles. The number of thiophene rings is 1. The van der Waals surface area contributed by atoms with Crippen molar-refractivity contribution in [1.82, 2.24) is 20.4 Å². The lowest BCUT2D eigenvalue weighted by Gasteiger charge is -2.34. The Morgan fingerprint density at radius 3 is 2.52 bits per heavy atom. The van der Waals surface area contributed by atoms with Crippen molar-refractivity contribution in [2.75, 3.05) is 32.7 Å². The van der Waals surface area contributed by atoms with E-state index in [2.05, 4.69) is 33.0 Å². The number of hydrogen-bond acceptors (Lipinski definition) is 5. The van der Waals surface area contributed by atoms with Crippen LogP contribution in [-0.4, -0.2) is 54.5 Å². The van der Waals surface area contributed by atoms with Gasteiger partial charge in [0.15, 0.2) is 0 Å². The third-order valence-corrected chi connectivity index (χ3v) is 7.24. The van der Waals surface area contributed by atoms with Gasteiger partial charge in [-0.25, -0.2) is 4.79 Å². The number of rotatable bonds is 7. The number of nitrogens with one attached hydrogen (secondary N) is 2. The predicted molar refractivity (Wildman–Crippen MR) is 121 cm³/mol. The fourth-order valence-corrected chi connectivity index (χ4v) is 5.14. The van der Waals surface area contributed by atoms with Gasteiger partial charge in [0.1, 0.15) is 5.76 Å². The summed E-state index contributed by atoms with van der Waals surface area (Å²) in [7, 11) is 0. The first-order chi connectivity index (χ1) is 15.2. The zero-order chi connectivity index (χ0) is 21.5. The molecule has 0 aliphatic carbocycles. The largest absolute Gasteiger partial charge is 0.467 e. The monoisotopic (exact) mass is 444 g/mol. The van der Waals surface area contributed by atoms with Crippen LogP contribution in [0.5, 0.6) is 0 Å². The van der Waals surface area contributed by atoms with Crippen LogP contribution in [0.15, 0.2) is 40.3 Å². The van der Waals surface area contributed by atoms with Crippen LogP contribution in [0.4, 0.5) is 4.79 Å². The first-order valence-corrected chi connectivity index (χ1v) is 12.1. The Balaban J connectivity index is 1.10. The summed E-state index contributed by atoms with van der Waals surface area (Å²) < 4.78 is 5.25. The maximum absolute atomic E-state index is 12.6. The molecule has 0 radical (unpaired) electrons. The van der Waals surface area contributed by atoms with Crippen LogP contribution in [0.2, 0.25) is 0 Å². The minimum absolute atomic E-state index is 0.00968. The number of nitrogens with zero attached hydrogens (tertiary/aromatic N) is 2. The zero-order valence-corrected chi connectivity index (χ0v) is 18.7. The van der Waals surface area contributed by atoms with Crippen molar-refractivity contribution in [3.05, 3.63) is 46.5 Å². The van der Waals surface area contributed by atoms with Crippen molar-refractivity contribution in [2.45, 2.75) is 38.8 Å². The van der Waals surface area contributed by atoms with Crippen LogP contribution >= 0.6 is 11.3 Å². The summed E-state index contributed by atoms with van der Waals surface area (Å²) in [5.74, 6) is 1.31. The van der Waals surface area contributed by atoms with Gasteiger partial charge in [-0.15, -0.1) is 11.3 Å². The average molecular weight is 445 g/mol. The SMILES string of the molecule is O=C(NCc1ccco1)C1CCN(C(=O)NCC2CCN(Cc3cccs3)CC2)CC1. The van der Waals surface area contributed by atoms with Crippen LogP contribution in [0.25, 0.3) is 0 Å². The highest BCUT2D eigenvalue weighted by Gasteiger charge is 2.28. The Kier molecular flexibility index (Phi) is 7.64. The number of urea groups is 1. The van der Waals surface area contributed by atoms with E-state index in [1.54, 1.807) is 6.26 Å². The van der Waals surface area contributed by atoms with Crippen molar-refractivity contribution >= 4 is 23.3 Å². The lowest BCUT2D eigenvalue weighted by molar-refractivity contribution is -0.126. The molecule has 0 aromatic carbocycles. The molecule has 2 N–H and O–H groups in total. The first kappa shape index (κ1) is 21.9. The van der Waals surface area contributed by atoms with Crippen LogP contribution in [0.3, 0.4) is 0 Å². The number of piperidine rings is 2. The van der Waals surface area contributed by atoms with E-state index in [1.807, 2.05) is 28.4 Å². The predicted octanol–water partition coefficient (Wildman–Crippen LogP) is 3.29. The highest BCUT2D eigenvalue weighted by Crippen LogP contribution is 2.21. The van der Waals surface area contributed by atoms with E-state index in [1.165, 1.54) is 4.88 Å². The number of carbonyl (C=O) groups is 2. The lowest BCUT2D eigenvalue weighted by atomic mass is 9.95. The van der Waals surface area contributed by atoms with Gasteiger partial charge in [0.2, 0.25) is 5.91 Å². The highest BCUT2D eigenvalue weighted by molar-refractivity contribution is 7.09. The molecule has 2 aliphatic heterocycles. The Morgan fingerprint density at radius 1 is 1.03 bits per heavy atom. The van der Waals surface area contributed by atoms with Gasteiger partial charge in [-0.1, -0.05) is 6.07 Å². The summed E-state index contributed by atoms with van der Waals surface area (Å²) in [6, 6.07) is 7.98. The number of carbonyl (C=O) groups excluding carboxylic acids is 2. The Bertz CT molecular complexity index is 808. The summed E-state index contributed by atoms with van der Waals surface area (Å²) in [6.45, 7) is 5.65. The molecule has 2 fully saturated rings. The first-order valence-electron chi connectivity index (χ1n) is 11.2. The fraction of sp³-hybridized carbons (Fsp3) is 0.565. The van der Waals surface area contributed by atoms with Crippen LogP contribution in [0, 0.1) is 11.8 Å². The van der Waals surface area contributed by atoms with E-state index in [0.717, 1.165) is 44.8 Å². The van der Waals surface area contributed by atoms with Crippen molar-refractivity contribution in [3.63, 3.8) is 0 Å². The van der Waals surface area contributed by atoms with Crippen LogP contribution < -0.4 is 10.6 Å². The van der Waals surface area contributed by atoms with Crippen molar-refractivity contribution in [2.24, 2.45) is 11.8 Å². The van der Waals surface area contributed by atoms with Gasteiger partial charge in [0.25, 0.3) is 0 Å². The fourth-order valence-electron chi connectivity index (χ4n) is 4.39. The molecule has 2 aromatic rings. The molecule has 31 heavy (non-hydrogen) atoms. The van der Waals surface area contributed by atoms with E-state index in [-0.39, 0.29) is 17.9 Å². The molecule has 2 aromatic heterocycles. The van der Waals surface area contributed by atoms with Crippen molar-refractivity contribution < 1.29 is 14.0 Å². The van der Waals surface area contributed by atoms with Gasteiger partial charge in [-0.3, -0.25) is 9.69 Å². The number of amides is 3. The second kappa shape index (κ2) is 10.8. The Morgan fingerprint density at radius 2 is 1.84 bits per heavy atom. The molecule has 0 unspecified atom stereocenters. The molecule has 2 aliphatic rings. The summed E-state index contributed by atoms with van der Waals surface area (Å²) in [5.41, 5.74) is 0. The second-order valence-electron chi connectivity index (χ2n) is 8.54.